The molecule has 0 spiro atoms. The van der Waals surface area contributed by atoms with Crippen molar-refractivity contribution in [3.8, 4) is 11.5 Å². The summed E-state index contributed by atoms with van der Waals surface area (Å²) in [6.45, 7) is 0.202. The molecule has 5 nitrogen and oxygen atoms in total. The van der Waals surface area contributed by atoms with Crippen molar-refractivity contribution in [3.05, 3.63) is 53.8 Å². The van der Waals surface area contributed by atoms with Crippen LogP contribution in [0.4, 0.5) is 4.39 Å². The molecule has 3 rings (SSSR count). The Labute approximate surface area is 134 Å². The first-order chi connectivity index (χ1) is 11.0. The summed E-state index contributed by atoms with van der Waals surface area (Å²) < 4.78 is 51.1. The molecule has 1 heterocycles. The van der Waals surface area contributed by atoms with Gasteiger partial charge in [0, 0.05) is 0 Å². The quantitative estimate of drug-likeness (QED) is 0.928. The molecule has 0 bridgehead atoms. The van der Waals surface area contributed by atoms with Crippen molar-refractivity contribution in [3.63, 3.8) is 0 Å². The zero-order valence-electron chi connectivity index (χ0n) is 12.5. The topological polar surface area (TPSA) is 64.6 Å². The van der Waals surface area contributed by atoms with Gasteiger partial charge in [-0.05, 0) is 42.3 Å². The van der Waals surface area contributed by atoms with Crippen molar-refractivity contribution in [2.24, 2.45) is 0 Å². The van der Waals surface area contributed by atoms with E-state index < -0.39 is 21.9 Å². The molecule has 1 unspecified atom stereocenters. The molecule has 0 radical (unpaired) electrons. The maximum Gasteiger partial charge on any atom is 0.240 e. The molecule has 0 aromatic heterocycles. The van der Waals surface area contributed by atoms with Gasteiger partial charge < -0.3 is 9.47 Å². The number of benzene rings is 2. The first-order valence-electron chi connectivity index (χ1n) is 7.06. The first kappa shape index (κ1) is 15.8. The number of fused-ring (bicyclic) bond motifs is 1. The fraction of sp³-hybridized carbons (Fsp3) is 0.250. The highest BCUT2D eigenvalue weighted by atomic mass is 32.2. The molecule has 1 N–H and O–H groups in total. The van der Waals surface area contributed by atoms with Crippen LogP contribution in [0.3, 0.4) is 0 Å². The first-order valence-corrected chi connectivity index (χ1v) is 8.54. The lowest BCUT2D eigenvalue weighted by atomic mass is 10.0. The standard InChI is InChI=1S/C16H16FNO4S/c1-21-15-4-2-3-11-9-13(10-22-16(11)15)18-23(19,20)14-7-5-12(17)6-8-14/h2-8,13,18H,9-10H2,1H3. The number of methoxy groups -OCH3 is 1. The molecular weight excluding hydrogens is 321 g/mol. The molecule has 1 atom stereocenters. The third kappa shape index (κ3) is 3.30. The molecule has 2 aromatic carbocycles. The Morgan fingerprint density at radius 2 is 1.96 bits per heavy atom. The van der Waals surface area contributed by atoms with Crippen LogP contribution in [0.1, 0.15) is 5.56 Å². The highest BCUT2D eigenvalue weighted by Gasteiger charge is 2.27. The van der Waals surface area contributed by atoms with Gasteiger partial charge in [-0.1, -0.05) is 12.1 Å². The van der Waals surface area contributed by atoms with Crippen LogP contribution in [-0.2, 0) is 16.4 Å². The van der Waals surface area contributed by atoms with Gasteiger partial charge in [0.15, 0.2) is 11.5 Å². The molecule has 0 aliphatic carbocycles. The van der Waals surface area contributed by atoms with E-state index in [1.165, 1.54) is 12.1 Å². The summed E-state index contributed by atoms with van der Waals surface area (Å²) >= 11 is 0. The van der Waals surface area contributed by atoms with Crippen LogP contribution in [0, 0.1) is 5.82 Å². The van der Waals surface area contributed by atoms with Crippen molar-refractivity contribution in [1.29, 1.82) is 0 Å². The van der Waals surface area contributed by atoms with Gasteiger partial charge in [0.25, 0.3) is 0 Å². The van der Waals surface area contributed by atoms with E-state index in [0.717, 1.165) is 17.7 Å². The second-order valence-corrected chi connectivity index (χ2v) is 6.95. The van der Waals surface area contributed by atoms with Crippen LogP contribution in [-0.4, -0.2) is 28.2 Å². The molecule has 0 fully saturated rings. The van der Waals surface area contributed by atoms with Gasteiger partial charge in [-0.25, -0.2) is 17.5 Å². The van der Waals surface area contributed by atoms with Crippen molar-refractivity contribution in [1.82, 2.24) is 4.72 Å². The van der Waals surface area contributed by atoms with E-state index in [2.05, 4.69) is 4.72 Å². The van der Waals surface area contributed by atoms with E-state index in [9.17, 15) is 12.8 Å². The zero-order valence-corrected chi connectivity index (χ0v) is 13.3. The lowest BCUT2D eigenvalue weighted by Crippen LogP contribution is -2.42. The largest absolute Gasteiger partial charge is 0.493 e. The number of halogens is 1. The highest BCUT2D eigenvalue weighted by Crippen LogP contribution is 2.34. The second kappa shape index (κ2) is 6.17. The minimum atomic E-state index is -3.72. The molecule has 23 heavy (non-hydrogen) atoms. The Morgan fingerprint density at radius 3 is 2.65 bits per heavy atom. The number of sulfonamides is 1. The van der Waals surface area contributed by atoms with Crippen LogP contribution in [0.2, 0.25) is 0 Å². The predicted octanol–water partition coefficient (Wildman–Crippen LogP) is 2.12. The van der Waals surface area contributed by atoms with Crippen molar-refractivity contribution < 1.29 is 22.3 Å². The number of hydrogen-bond donors (Lipinski definition) is 1. The van der Waals surface area contributed by atoms with Crippen LogP contribution in [0.15, 0.2) is 47.4 Å². The van der Waals surface area contributed by atoms with E-state index >= 15 is 0 Å². The Balaban J connectivity index is 1.78. The predicted molar refractivity (Wildman–Crippen MR) is 82.7 cm³/mol. The second-order valence-electron chi connectivity index (χ2n) is 5.24. The third-order valence-electron chi connectivity index (χ3n) is 3.62. The van der Waals surface area contributed by atoms with Crippen LogP contribution in [0.5, 0.6) is 11.5 Å². The van der Waals surface area contributed by atoms with Crippen LogP contribution >= 0.6 is 0 Å². The normalized spacial score (nSPS) is 17.2. The average molecular weight is 337 g/mol. The zero-order chi connectivity index (χ0) is 16.4. The monoisotopic (exact) mass is 337 g/mol. The number of nitrogens with one attached hydrogen (secondary N) is 1. The van der Waals surface area contributed by atoms with Gasteiger partial charge in [0.05, 0.1) is 18.0 Å². The van der Waals surface area contributed by atoms with Crippen molar-refractivity contribution in [2.75, 3.05) is 13.7 Å². The summed E-state index contributed by atoms with van der Waals surface area (Å²) in [5.41, 5.74) is 0.877. The Hall–Kier alpha value is -2.12. The molecule has 0 saturated carbocycles. The Morgan fingerprint density at radius 1 is 1.22 bits per heavy atom. The maximum absolute atomic E-state index is 12.9. The SMILES string of the molecule is COc1cccc2c1OCC(NS(=O)(=O)c1ccc(F)cc1)C2. The smallest absolute Gasteiger partial charge is 0.240 e. The summed E-state index contributed by atoms with van der Waals surface area (Å²) in [4.78, 5) is 0.0235. The molecule has 122 valence electrons. The van der Waals surface area contributed by atoms with E-state index in [4.69, 9.17) is 9.47 Å². The summed E-state index contributed by atoms with van der Waals surface area (Å²) in [6.07, 6.45) is 0.493. The molecule has 1 aliphatic rings. The minimum absolute atomic E-state index is 0.0235. The molecule has 7 heteroatoms. The number of ether oxygens (including phenoxy) is 2. The van der Waals surface area contributed by atoms with E-state index in [1.807, 2.05) is 12.1 Å². The molecule has 0 amide bonds. The summed E-state index contributed by atoms with van der Waals surface area (Å²) in [6, 6.07) is 9.80. The highest BCUT2D eigenvalue weighted by molar-refractivity contribution is 7.89. The minimum Gasteiger partial charge on any atom is -0.493 e. The third-order valence-corrected chi connectivity index (χ3v) is 5.16. The van der Waals surface area contributed by atoms with Gasteiger partial charge in [-0.3, -0.25) is 0 Å². The fourth-order valence-electron chi connectivity index (χ4n) is 2.53. The number of para-hydroxylation sites is 1. The van der Waals surface area contributed by atoms with Crippen molar-refractivity contribution in [2.45, 2.75) is 17.4 Å². The van der Waals surface area contributed by atoms with Gasteiger partial charge >= 0.3 is 0 Å². The lowest BCUT2D eigenvalue weighted by Gasteiger charge is -2.27. The molecule has 1 aliphatic heterocycles. The van der Waals surface area contributed by atoms with Gasteiger partial charge in [0.1, 0.15) is 12.4 Å². The number of hydrogen-bond acceptors (Lipinski definition) is 4. The molecule has 0 saturated heterocycles. The van der Waals surface area contributed by atoms with E-state index in [1.54, 1.807) is 13.2 Å². The Kier molecular flexibility index (Phi) is 4.23. The summed E-state index contributed by atoms with van der Waals surface area (Å²) in [5.74, 6) is 0.792. The van der Waals surface area contributed by atoms with Gasteiger partial charge in [0.2, 0.25) is 10.0 Å². The summed E-state index contributed by atoms with van der Waals surface area (Å²) in [7, 11) is -2.16. The maximum atomic E-state index is 12.9. The van der Waals surface area contributed by atoms with E-state index in [-0.39, 0.29) is 11.5 Å². The van der Waals surface area contributed by atoms with Gasteiger partial charge in [-0.15, -0.1) is 0 Å². The van der Waals surface area contributed by atoms with Crippen LogP contribution in [0.25, 0.3) is 0 Å². The fourth-order valence-corrected chi connectivity index (χ4v) is 3.75. The summed E-state index contributed by atoms with van der Waals surface area (Å²) in [5, 5.41) is 0. The van der Waals surface area contributed by atoms with E-state index in [0.29, 0.717) is 17.9 Å². The molecule has 2 aromatic rings. The van der Waals surface area contributed by atoms with Crippen molar-refractivity contribution >= 4 is 10.0 Å². The number of rotatable bonds is 4. The van der Waals surface area contributed by atoms with Crippen LogP contribution < -0.4 is 14.2 Å². The average Bonchev–Trinajstić information content (AvgIpc) is 2.54. The molecular formula is C16H16FNO4S. The van der Waals surface area contributed by atoms with Gasteiger partial charge in [-0.2, -0.15) is 0 Å². The lowest BCUT2D eigenvalue weighted by molar-refractivity contribution is 0.240. The Bertz CT molecular complexity index is 805.